The van der Waals surface area contributed by atoms with E-state index in [1.54, 1.807) is 0 Å². The average Bonchev–Trinajstić information content (AvgIpc) is 2.29. The molecule has 1 amide bonds. The molecule has 2 unspecified atom stereocenters. The lowest BCUT2D eigenvalue weighted by atomic mass is 9.91. The third-order valence-electron chi connectivity index (χ3n) is 3.76. The molecule has 0 radical (unpaired) electrons. The highest BCUT2D eigenvalue weighted by Gasteiger charge is 2.23. The number of likely N-dealkylation sites (tertiary alicyclic amines) is 1. The highest BCUT2D eigenvalue weighted by atomic mass is 35.5. The lowest BCUT2D eigenvalue weighted by Crippen LogP contribution is -2.45. The zero-order chi connectivity index (χ0) is 12.8. The van der Waals surface area contributed by atoms with E-state index in [9.17, 15) is 4.79 Å². The van der Waals surface area contributed by atoms with E-state index < -0.39 is 0 Å². The largest absolute Gasteiger partial charge is 0.353 e. The molecule has 0 aromatic carbocycles. The van der Waals surface area contributed by atoms with Crippen molar-refractivity contribution in [3.63, 3.8) is 0 Å². The van der Waals surface area contributed by atoms with Crippen molar-refractivity contribution in [2.45, 2.75) is 52.1 Å². The number of amides is 1. The van der Waals surface area contributed by atoms with E-state index in [0.29, 0.717) is 12.5 Å². The summed E-state index contributed by atoms with van der Waals surface area (Å²) in [5, 5.41) is 3.01. The lowest BCUT2D eigenvalue weighted by molar-refractivity contribution is -0.123. The van der Waals surface area contributed by atoms with E-state index in [0.717, 1.165) is 32.4 Å². The summed E-state index contributed by atoms with van der Waals surface area (Å²) in [6.07, 6.45) is 3.22. The van der Waals surface area contributed by atoms with Crippen LogP contribution in [-0.4, -0.2) is 42.5 Å². The summed E-state index contributed by atoms with van der Waals surface area (Å²) < 4.78 is 0. The highest BCUT2D eigenvalue weighted by Crippen LogP contribution is 2.18. The Balaban J connectivity index is 0.00000289. The summed E-state index contributed by atoms with van der Waals surface area (Å²) in [5.41, 5.74) is 5.90. The van der Waals surface area contributed by atoms with Gasteiger partial charge in [-0.25, -0.2) is 0 Å². The lowest BCUT2D eigenvalue weighted by Gasteiger charge is -2.33. The Morgan fingerprint density at radius 3 is 2.39 bits per heavy atom. The first-order valence-electron chi connectivity index (χ1n) is 6.80. The number of hydrogen-bond donors (Lipinski definition) is 2. The third kappa shape index (κ3) is 6.03. The van der Waals surface area contributed by atoms with Gasteiger partial charge in [-0.3, -0.25) is 9.69 Å². The summed E-state index contributed by atoms with van der Waals surface area (Å²) in [6.45, 7) is 8.74. The second-order valence-corrected chi connectivity index (χ2v) is 5.35. The first kappa shape index (κ1) is 17.7. The Morgan fingerprint density at radius 2 is 1.94 bits per heavy atom. The first-order valence-corrected chi connectivity index (χ1v) is 6.80. The van der Waals surface area contributed by atoms with Crippen LogP contribution in [0.3, 0.4) is 0 Å². The monoisotopic (exact) mass is 277 g/mol. The first-order chi connectivity index (χ1) is 8.02. The summed E-state index contributed by atoms with van der Waals surface area (Å²) in [7, 11) is 0. The van der Waals surface area contributed by atoms with Crippen molar-refractivity contribution >= 4 is 18.3 Å². The molecular formula is C13H28ClN3O. The summed E-state index contributed by atoms with van der Waals surface area (Å²) in [5.74, 6) is 0.780. The molecule has 0 aliphatic carbocycles. The van der Waals surface area contributed by atoms with Gasteiger partial charge in [-0.05, 0) is 52.1 Å². The quantitative estimate of drug-likeness (QED) is 0.798. The molecule has 5 heteroatoms. The zero-order valence-corrected chi connectivity index (χ0v) is 12.6. The molecule has 1 aliphatic heterocycles. The van der Waals surface area contributed by atoms with Crippen LogP contribution in [-0.2, 0) is 4.79 Å². The second kappa shape index (κ2) is 8.73. The minimum absolute atomic E-state index is 0. The molecule has 0 spiro atoms. The summed E-state index contributed by atoms with van der Waals surface area (Å²) in [6, 6.07) is 0.565. The Morgan fingerprint density at radius 1 is 1.39 bits per heavy atom. The smallest absolute Gasteiger partial charge is 0.234 e. The molecule has 108 valence electrons. The molecule has 2 atom stereocenters. The Hall–Kier alpha value is -0.320. The van der Waals surface area contributed by atoms with Crippen molar-refractivity contribution in [2.75, 3.05) is 19.6 Å². The normalized spacial score (nSPS) is 20.9. The van der Waals surface area contributed by atoms with Crippen molar-refractivity contribution in [3.8, 4) is 0 Å². The van der Waals surface area contributed by atoms with E-state index in [4.69, 9.17) is 5.73 Å². The van der Waals surface area contributed by atoms with Gasteiger partial charge >= 0.3 is 0 Å². The Bertz CT molecular complexity index is 240. The van der Waals surface area contributed by atoms with Crippen LogP contribution in [0.15, 0.2) is 0 Å². The maximum atomic E-state index is 11.7. The van der Waals surface area contributed by atoms with Crippen LogP contribution in [0.2, 0.25) is 0 Å². The fraction of sp³-hybridized carbons (Fsp3) is 0.923. The fourth-order valence-electron chi connectivity index (χ4n) is 2.26. The van der Waals surface area contributed by atoms with Gasteiger partial charge in [0.05, 0.1) is 6.54 Å². The molecule has 0 aromatic heterocycles. The number of carbonyl (C=O) groups excluding carboxylic acids is 1. The molecule has 0 bridgehead atoms. The molecule has 18 heavy (non-hydrogen) atoms. The van der Waals surface area contributed by atoms with Gasteiger partial charge in [-0.1, -0.05) is 6.92 Å². The van der Waals surface area contributed by atoms with Gasteiger partial charge in [0.1, 0.15) is 0 Å². The van der Waals surface area contributed by atoms with Gasteiger partial charge in [0.15, 0.2) is 0 Å². The predicted octanol–water partition coefficient (Wildman–Crippen LogP) is 1.38. The van der Waals surface area contributed by atoms with E-state index in [-0.39, 0.29) is 30.4 Å². The van der Waals surface area contributed by atoms with Crippen LogP contribution in [0.4, 0.5) is 0 Å². The van der Waals surface area contributed by atoms with Gasteiger partial charge in [0.2, 0.25) is 5.91 Å². The summed E-state index contributed by atoms with van der Waals surface area (Å²) >= 11 is 0. The van der Waals surface area contributed by atoms with Gasteiger partial charge in [-0.15, -0.1) is 12.4 Å². The molecule has 0 aromatic rings. The molecule has 1 heterocycles. The molecular weight excluding hydrogens is 250 g/mol. The third-order valence-corrected chi connectivity index (χ3v) is 3.76. The minimum Gasteiger partial charge on any atom is -0.353 e. The number of hydrogen-bond acceptors (Lipinski definition) is 3. The van der Waals surface area contributed by atoms with Gasteiger partial charge in [0, 0.05) is 12.1 Å². The zero-order valence-electron chi connectivity index (χ0n) is 11.8. The number of rotatable bonds is 5. The molecule has 1 fully saturated rings. The summed E-state index contributed by atoms with van der Waals surface area (Å²) in [4.78, 5) is 14.0. The Kier molecular flexibility index (Phi) is 8.57. The molecule has 1 aliphatic rings. The topological polar surface area (TPSA) is 58.4 Å². The minimum atomic E-state index is 0. The Labute approximate surface area is 117 Å². The number of nitrogens with two attached hydrogens (primary N) is 1. The molecule has 1 saturated heterocycles. The van der Waals surface area contributed by atoms with Gasteiger partial charge in [-0.2, -0.15) is 0 Å². The SMILES string of the molecule is CCC(C)NC(=O)CN1CCC(C(C)N)CC1.Cl. The number of carbonyl (C=O) groups is 1. The van der Waals surface area contributed by atoms with Crippen molar-refractivity contribution < 1.29 is 4.79 Å². The van der Waals surface area contributed by atoms with Crippen LogP contribution >= 0.6 is 12.4 Å². The van der Waals surface area contributed by atoms with E-state index in [1.807, 2.05) is 6.92 Å². The van der Waals surface area contributed by atoms with Crippen LogP contribution in [0.25, 0.3) is 0 Å². The van der Waals surface area contributed by atoms with Crippen molar-refractivity contribution in [1.82, 2.24) is 10.2 Å². The highest BCUT2D eigenvalue weighted by molar-refractivity contribution is 5.85. The predicted molar refractivity (Wildman–Crippen MR) is 78.0 cm³/mol. The molecule has 0 saturated carbocycles. The molecule has 4 nitrogen and oxygen atoms in total. The van der Waals surface area contributed by atoms with Gasteiger partial charge in [0.25, 0.3) is 0 Å². The van der Waals surface area contributed by atoms with E-state index in [1.165, 1.54) is 0 Å². The number of nitrogens with one attached hydrogen (secondary N) is 1. The van der Waals surface area contributed by atoms with Crippen LogP contribution in [0.1, 0.15) is 40.0 Å². The standard InChI is InChI=1S/C13H27N3O.ClH/c1-4-10(2)15-13(17)9-16-7-5-12(6-8-16)11(3)14;/h10-12H,4-9,14H2,1-3H3,(H,15,17);1H. The maximum absolute atomic E-state index is 11.7. The fourth-order valence-corrected chi connectivity index (χ4v) is 2.26. The van der Waals surface area contributed by atoms with E-state index >= 15 is 0 Å². The van der Waals surface area contributed by atoms with Crippen LogP contribution in [0.5, 0.6) is 0 Å². The number of piperidine rings is 1. The van der Waals surface area contributed by atoms with Crippen molar-refractivity contribution in [2.24, 2.45) is 11.7 Å². The van der Waals surface area contributed by atoms with E-state index in [2.05, 4.69) is 24.1 Å². The number of nitrogens with zero attached hydrogens (tertiary/aromatic N) is 1. The maximum Gasteiger partial charge on any atom is 0.234 e. The van der Waals surface area contributed by atoms with Crippen LogP contribution in [0, 0.1) is 5.92 Å². The second-order valence-electron chi connectivity index (χ2n) is 5.35. The van der Waals surface area contributed by atoms with Crippen molar-refractivity contribution in [3.05, 3.63) is 0 Å². The molecule has 3 N–H and O–H groups in total. The van der Waals surface area contributed by atoms with Crippen molar-refractivity contribution in [1.29, 1.82) is 0 Å². The van der Waals surface area contributed by atoms with Crippen LogP contribution < -0.4 is 11.1 Å². The molecule has 1 rings (SSSR count). The van der Waals surface area contributed by atoms with Gasteiger partial charge < -0.3 is 11.1 Å². The average molecular weight is 278 g/mol. The number of halogens is 1.